The molecule has 0 saturated heterocycles. The van der Waals surface area contributed by atoms with Crippen LogP contribution in [0.4, 0.5) is 5.69 Å². The average Bonchev–Trinajstić information content (AvgIpc) is 2.62. The number of rotatable bonds is 5. The Kier molecular flexibility index (Phi) is 4.92. The van der Waals surface area contributed by atoms with E-state index in [4.69, 9.17) is 4.74 Å². The van der Waals surface area contributed by atoms with Crippen LogP contribution in [-0.4, -0.2) is 12.5 Å². The third-order valence-electron chi connectivity index (χ3n) is 3.71. The summed E-state index contributed by atoms with van der Waals surface area (Å²) in [6.45, 7) is 1.94. The van der Waals surface area contributed by atoms with Crippen molar-refractivity contribution in [2.45, 2.75) is 6.92 Å². The van der Waals surface area contributed by atoms with Crippen molar-refractivity contribution in [3.05, 3.63) is 84.4 Å². The third kappa shape index (κ3) is 4.02. The molecule has 24 heavy (non-hydrogen) atoms. The summed E-state index contributed by atoms with van der Waals surface area (Å²) in [5.74, 6) is 0.550. The highest BCUT2D eigenvalue weighted by molar-refractivity contribution is 5.92. The van der Waals surface area contributed by atoms with Crippen LogP contribution in [-0.2, 0) is 4.79 Å². The van der Waals surface area contributed by atoms with Crippen LogP contribution in [0, 0.1) is 6.92 Å². The molecule has 0 aliphatic carbocycles. The predicted molar refractivity (Wildman–Crippen MR) is 97.2 cm³/mol. The highest BCUT2D eigenvalue weighted by Gasteiger charge is 2.06. The second kappa shape index (κ2) is 7.47. The lowest BCUT2D eigenvalue weighted by Crippen LogP contribution is -2.20. The molecule has 0 atom stereocenters. The number of aryl methyl sites for hydroxylation is 1. The standard InChI is InChI=1S/C21H19NO2/c1-16-8-5-6-13-20(16)24-15-21(23)22-19-12-7-11-18(14-19)17-9-3-2-4-10-17/h2-14H,15H2,1H3,(H,22,23). The maximum atomic E-state index is 12.1. The van der Waals surface area contributed by atoms with Gasteiger partial charge in [0.1, 0.15) is 5.75 Å². The van der Waals surface area contributed by atoms with Gasteiger partial charge in [0.05, 0.1) is 0 Å². The Bertz CT molecular complexity index is 828. The lowest BCUT2D eigenvalue weighted by atomic mass is 10.1. The zero-order valence-corrected chi connectivity index (χ0v) is 13.5. The molecule has 0 radical (unpaired) electrons. The van der Waals surface area contributed by atoms with Crippen LogP contribution in [0.25, 0.3) is 11.1 Å². The molecule has 0 spiro atoms. The number of nitrogens with one attached hydrogen (secondary N) is 1. The van der Waals surface area contributed by atoms with Crippen molar-refractivity contribution in [1.29, 1.82) is 0 Å². The first-order valence-electron chi connectivity index (χ1n) is 7.86. The molecule has 0 aliphatic heterocycles. The minimum Gasteiger partial charge on any atom is -0.483 e. The predicted octanol–water partition coefficient (Wildman–Crippen LogP) is 4.68. The van der Waals surface area contributed by atoms with Crippen LogP contribution in [0.3, 0.4) is 0 Å². The van der Waals surface area contributed by atoms with Gasteiger partial charge in [-0.15, -0.1) is 0 Å². The largest absolute Gasteiger partial charge is 0.483 e. The van der Waals surface area contributed by atoms with Crippen molar-refractivity contribution >= 4 is 11.6 Å². The Balaban J connectivity index is 1.64. The second-order valence-corrected chi connectivity index (χ2v) is 5.55. The summed E-state index contributed by atoms with van der Waals surface area (Å²) in [4.78, 5) is 12.1. The molecule has 0 aromatic heterocycles. The maximum absolute atomic E-state index is 12.1. The van der Waals surface area contributed by atoms with Crippen LogP contribution in [0.5, 0.6) is 5.75 Å². The van der Waals surface area contributed by atoms with E-state index in [0.717, 1.165) is 28.1 Å². The van der Waals surface area contributed by atoms with Crippen LogP contribution >= 0.6 is 0 Å². The van der Waals surface area contributed by atoms with Crippen LogP contribution in [0.15, 0.2) is 78.9 Å². The molecule has 3 nitrogen and oxygen atoms in total. The topological polar surface area (TPSA) is 38.3 Å². The highest BCUT2D eigenvalue weighted by Crippen LogP contribution is 2.22. The molecule has 0 fully saturated rings. The molecule has 0 saturated carbocycles. The Morgan fingerprint density at radius 3 is 2.38 bits per heavy atom. The van der Waals surface area contributed by atoms with Crippen molar-refractivity contribution in [3.63, 3.8) is 0 Å². The van der Waals surface area contributed by atoms with Gasteiger partial charge >= 0.3 is 0 Å². The fraction of sp³-hybridized carbons (Fsp3) is 0.0952. The lowest BCUT2D eigenvalue weighted by Gasteiger charge is -2.10. The van der Waals surface area contributed by atoms with Gasteiger partial charge in [-0.3, -0.25) is 4.79 Å². The normalized spacial score (nSPS) is 10.2. The molecular weight excluding hydrogens is 298 g/mol. The van der Waals surface area contributed by atoms with E-state index < -0.39 is 0 Å². The van der Waals surface area contributed by atoms with E-state index >= 15 is 0 Å². The minimum absolute atomic E-state index is 0.0135. The number of para-hydroxylation sites is 1. The summed E-state index contributed by atoms with van der Waals surface area (Å²) in [5, 5.41) is 2.88. The SMILES string of the molecule is Cc1ccccc1OCC(=O)Nc1cccc(-c2ccccc2)c1. The van der Waals surface area contributed by atoms with E-state index in [9.17, 15) is 4.79 Å². The van der Waals surface area contributed by atoms with E-state index in [0.29, 0.717) is 0 Å². The van der Waals surface area contributed by atoms with Gasteiger partial charge in [0.2, 0.25) is 0 Å². The summed E-state index contributed by atoms with van der Waals surface area (Å²) in [6.07, 6.45) is 0. The quantitative estimate of drug-likeness (QED) is 0.742. The summed E-state index contributed by atoms with van der Waals surface area (Å²) in [6, 6.07) is 25.5. The van der Waals surface area contributed by atoms with Crippen molar-refractivity contribution in [3.8, 4) is 16.9 Å². The number of ether oxygens (including phenoxy) is 1. The van der Waals surface area contributed by atoms with Gasteiger partial charge in [0, 0.05) is 5.69 Å². The van der Waals surface area contributed by atoms with Gasteiger partial charge < -0.3 is 10.1 Å². The average molecular weight is 317 g/mol. The Morgan fingerprint density at radius 2 is 1.58 bits per heavy atom. The molecule has 3 aromatic rings. The zero-order chi connectivity index (χ0) is 16.8. The number of carbonyl (C=O) groups excluding carboxylic acids is 1. The Labute approximate surface area is 141 Å². The summed E-state index contributed by atoms with van der Waals surface area (Å²) in [5.41, 5.74) is 3.95. The molecule has 3 heteroatoms. The Morgan fingerprint density at radius 1 is 0.875 bits per heavy atom. The molecule has 120 valence electrons. The minimum atomic E-state index is -0.177. The van der Waals surface area contributed by atoms with Crippen molar-refractivity contribution in [1.82, 2.24) is 0 Å². The van der Waals surface area contributed by atoms with Gasteiger partial charge in [-0.25, -0.2) is 0 Å². The molecule has 0 unspecified atom stereocenters. The van der Waals surface area contributed by atoms with Crippen LogP contribution in [0.2, 0.25) is 0 Å². The number of hydrogen-bond acceptors (Lipinski definition) is 2. The number of carbonyl (C=O) groups is 1. The zero-order valence-electron chi connectivity index (χ0n) is 13.5. The molecule has 1 N–H and O–H groups in total. The van der Waals surface area contributed by atoms with Crippen molar-refractivity contribution in [2.75, 3.05) is 11.9 Å². The number of amides is 1. The fourth-order valence-electron chi connectivity index (χ4n) is 2.47. The van der Waals surface area contributed by atoms with Gasteiger partial charge in [0.25, 0.3) is 5.91 Å². The number of benzene rings is 3. The smallest absolute Gasteiger partial charge is 0.262 e. The number of anilines is 1. The van der Waals surface area contributed by atoms with Gasteiger partial charge in [0.15, 0.2) is 6.61 Å². The molecule has 3 rings (SSSR count). The summed E-state index contributed by atoms with van der Waals surface area (Å²) in [7, 11) is 0. The first-order valence-corrected chi connectivity index (χ1v) is 7.86. The van der Waals surface area contributed by atoms with Gasteiger partial charge in [-0.05, 0) is 41.8 Å². The maximum Gasteiger partial charge on any atom is 0.262 e. The lowest BCUT2D eigenvalue weighted by molar-refractivity contribution is -0.118. The van der Waals surface area contributed by atoms with Crippen molar-refractivity contribution in [2.24, 2.45) is 0 Å². The molecule has 3 aromatic carbocycles. The molecule has 0 bridgehead atoms. The van der Waals surface area contributed by atoms with E-state index in [-0.39, 0.29) is 12.5 Å². The summed E-state index contributed by atoms with van der Waals surface area (Å²) < 4.78 is 5.57. The molecular formula is C21H19NO2. The highest BCUT2D eigenvalue weighted by atomic mass is 16.5. The van der Waals surface area contributed by atoms with Gasteiger partial charge in [-0.2, -0.15) is 0 Å². The Hall–Kier alpha value is -3.07. The second-order valence-electron chi connectivity index (χ2n) is 5.55. The third-order valence-corrected chi connectivity index (χ3v) is 3.71. The molecule has 1 amide bonds. The molecule has 0 aliphatic rings. The number of hydrogen-bond donors (Lipinski definition) is 1. The van der Waals surface area contributed by atoms with E-state index in [2.05, 4.69) is 5.32 Å². The monoisotopic (exact) mass is 317 g/mol. The first-order chi connectivity index (χ1) is 11.7. The van der Waals surface area contributed by atoms with Gasteiger partial charge in [-0.1, -0.05) is 60.7 Å². The van der Waals surface area contributed by atoms with E-state index in [1.54, 1.807) is 0 Å². The van der Waals surface area contributed by atoms with E-state index in [1.165, 1.54) is 0 Å². The first kappa shape index (κ1) is 15.8. The molecule has 0 heterocycles. The van der Waals surface area contributed by atoms with Crippen LogP contribution in [0.1, 0.15) is 5.56 Å². The van der Waals surface area contributed by atoms with Crippen LogP contribution < -0.4 is 10.1 Å². The fourth-order valence-corrected chi connectivity index (χ4v) is 2.47. The van der Waals surface area contributed by atoms with Crippen molar-refractivity contribution < 1.29 is 9.53 Å². The van der Waals surface area contributed by atoms with E-state index in [1.807, 2.05) is 85.8 Å². The summed E-state index contributed by atoms with van der Waals surface area (Å²) >= 11 is 0.